The third-order valence-corrected chi connectivity index (χ3v) is 6.66. The topological polar surface area (TPSA) is 61.9 Å². The van der Waals surface area contributed by atoms with Gasteiger partial charge < -0.3 is 15.0 Å². The van der Waals surface area contributed by atoms with E-state index < -0.39 is 17.5 Å². The number of benzene rings is 2. The number of rotatable bonds is 5. The van der Waals surface area contributed by atoms with Gasteiger partial charge >= 0.3 is 0 Å². The van der Waals surface area contributed by atoms with Gasteiger partial charge in [0, 0.05) is 61.2 Å². The molecule has 0 aromatic heterocycles. The first-order valence-electron chi connectivity index (χ1n) is 11.4. The summed E-state index contributed by atoms with van der Waals surface area (Å²) in [6.45, 7) is 7.17. The first kappa shape index (κ1) is 24.6. The van der Waals surface area contributed by atoms with Crippen LogP contribution in [0.5, 0.6) is 0 Å². The Bertz CT molecular complexity index is 1070. The summed E-state index contributed by atoms with van der Waals surface area (Å²) in [7, 11) is 0. The van der Waals surface area contributed by atoms with Gasteiger partial charge in [-0.25, -0.2) is 8.78 Å². The number of carbonyl (C=O) groups is 2. The summed E-state index contributed by atoms with van der Waals surface area (Å²) in [4.78, 5) is 29.5. The van der Waals surface area contributed by atoms with Gasteiger partial charge in [-0.3, -0.25) is 14.5 Å². The quantitative estimate of drug-likeness (QED) is 0.674. The Hall–Kier alpha value is -2.55. The van der Waals surface area contributed by atoms with Gasteiger partial charge in [0.2, 0.25) is 0 Å². The second-order valence-electron chi connectivity index (χ2n) is 8.97. The minimum Gasteiger partial charge on any atom is -0.368 e. The van der Waals surface area contributed by atoms with Crippen LogP contribution in [0, 0.1) is 18.6 Å². The zero-order valence-corrected chi connectivity index (χ0v) is 20.0. The maximum absolute atomic E-state index is 13.5. The summed E-state index contributed by atoms with van der Waals surface area (Å²) in [5, 5.41) is 3.17. The van der Waals surface area contributed by atoms with Gasteiger partial charge in [0.05, 0.1) is 0 Å². The third-order valence-electron chi connectivity index (χ3n) is 6.45. The predicted octanol–water partition coefficient (Wildman–Crippen LogP) is 4.39. The minimum absolute atomic E-state index is 0.0481. The summed E-state index contributed by atoms with van der Waals surface area (Å²) < 4.78 is 32.6. The number of anilines is 1. The van der Waals surface area contributed by atoms with Crippen LogP contribution in [0.4, 0.5) is 14.5 Å². The van der Waals surface area contributed by atoms with Crippen LogP contribution in [-0.2, 0) is 16.1 Å². The number of hydrogen-bond donors (Lipinski definition) is 1. The predicted molar refractivity (Wildman–Crippen MR) is 126 cm³/mol. The van der Waals surface area contributed by atoms with Crippen LogP contribution in [-0.4, -0.2) is 60.0 Å². The molecule has 4 rings (SSSR count). The lowest BCUT2D eigenvalue weighted by Crippen LogP contribution is -2.55. The van der Waals surface area contributed by atoms with E-state index >= 15 is 0 Å². The summed E-state index contributed by atoms with van der Waals surface area (Å²) in [6, 6.07) is 6.20. The third kappa shape index (κ3) is 5.56. The first-order valence-corrected chi connectivity index (χ1v) is 11.8. The van der Waals surface area contributed by atoms with E-state index in [0.29, 0.717) is 49.6 Å². The first-order chi connectivity index (χ1) is 16.2. The summed E-state index contributed by atoms with van der Waals surface area (Å²) in [6.07, 6.45) is 1.39. The Morgan fingerprint density at radius 2 is 1.88 bits per heavy atom. The van der Waals surface area contributed by atoms with Crippen molar-refractivity contribution in [2.75, 3.05) is 31.6 Å². The molecule has 0 aliphatic carbocycles. The molecule has 0 unspecified atom stereocenters. The van der Waals surface area contributed by atoms with Crippen LogP contribution in [0.2, 0.25) is 5.02 Å². The average molecular weight is 492 g/mol. The van der Waals surface area contributed by atoms with E-state index in [4.69, 9.17) is 16.3 Å². The Kier molecular flexibility index (Phi) is 7.50. The summed E-state index contributed by atoms with van der Waals surface area (Å²) in [5.41, 5.74) is 2.12. The van der Waals surface area contributed by atoms with Crippen molar-refractivity contribution >= 4 is 29.1 Å². The van der Waals surface area contributed by atoms with Crippen molar-refractivity contribution in [1.82, 2.24) is 9.80 Å². The molecule has 2 aromatic rings. The van der Waals surface area contributed by atoms with E-state index in [-0.39, 0.29) is 23.6 Å². The molecule has 0 spiro atoms. The second-order valence-corrected chi connectivity index (χ2v) is 9.40. The van der Waals surface area contributed by atoms with Gasteiger partial charge in [-0.1, -0.05) is 11.6 Å². The fourth-order valence-electron chi connectivity index (χ4n) is 4.61. The number of carbonyl (C=O) groups excluding carboxylic acids is 2. The smallest absolute Gasteiger partial charge is 0.255 e. The molecule has 182 valence electrons. The molecule has 2 aliphatic rings. The van der Waals surface area contributed by atoms with E-state index in [2.05, 4.69) is 10.2 Å². The minimum atomic E-state index is -0.820. The average Bonchev–Trinajstić information content (AvgIpc) is 3.31. The Morgan fingerprint density at radius 3 is 2.53 bits per heavy atom. The van der Waals surface area contributed by atoms with Gasteiger partial charge in [-0.2, -0.15) is 0 Å². The zero-order chi connectivity index (χ0) is 24.4. The van der Waals surface area contributed by atoms with Crippen molar-refractivity contribution in [3.63, 3.8) is 0 Å². The highest BCUT2D eigenvalue weighted by atomic mass is 35.5. The number of nitrogens with one attached hydrogen (secondary N) is 1. The largest absolute Gasteiger partial charge is 0.368 e. The van der Waals surface area contributed by atoms with Crippen molar-refractivity contribution < 1.29 is 23.1 Å². The SMILES string of the molecule is Cc1c(CN2CCN(C(=O)[C@H]3CCCO3)[C@@H](C)C2)cc(Cl)cc1NC(=O)c1cc(F)cc(F)c1. The molecule has 0 bridgehead atoms. The molecular weight excluding hydrogens is 464 g/mol. The highest BCUT2D eigenvalue weighted by Gasteiger charge is 2.34. The number of piperazine rings is 1. The highest BCUT2D eigenvalue weighted by Crippen LogP contribution is 2.28. The van der Waals surface area contributed by atoms with Crippen molar-refractivity contribution in [3.8, 4) is 0 Å². The van der Waals surface area contributed by atoms with Gasteiger partial charge in [0.25, 0.3) is 11.8 Å². The lowest BCUT2D eigenvalue weighted by Gasteiger charge is -2.41. The fraction of sp³-hybridized carbons (Fsp3) is 0.440. The molecule has 6 nitrogen and oxygen atoms in total. The van der Waals surface area contributed by atoms with Crippen molar-refractivity contribution in [2.45, 2.75) is 45.4 Å². The number of hydrogen-bond acceptors (Lipinski definition) is 4. The molecule has 2 fully saturated rings. The standard InChI is InChI=1S/C25H28ClF2N3O3/c1-15-13-30(5-6-31(15)25(33)23-4-3-7-34-23)14-18-8-19(26)11-22(16(18)2)29-24(32)17-9-20(27)12-21(28)10-17/h8-12,15,23H,3-7,13-14H2,1-2H3,(H,29,32)/t15-,23+/m0/s1. The number of halogens is 3. The van der Waals surface area contributed by atoms with Gasteiger partial charge in [0.1, 0.15) is 17.7 Å². The van der Waals surface area contributed by atoms with Crippen LogP contribution in [0.15, 0.2) is 30.3 Å². The lowest BCUT2D eigenvalue weighted by atomic mass is 10.0. The summed E-state index contributed by atoms with van der Waals surface area (Å²) >= 11 is 6.33. The number of amides is 2. The Morgan fingerprint density at radius 1 is 1.15 bits per heavy atom. The molecule has 34 heavy (non-hydrogen) atoms. The molecule has 2 aromatic carbocycles. The number of nitrogens with zero attached hydrogens (tertiary/aromatic N) is 2. The molecule has 2 saturated heterocycles. The molecule has 2 amide bonds. The van der Waals surface area contributed by atoms with Crippen LogP contribution >= 0.6 is 11.6 Å². The van der Waals surface area contributed by atoms with E-state index in [1.54, 1.807) is 6.07 Å². The second kappa shape index (κ2) is 10.4. The van der Waals surface area contributed by atoms with Crippen LogP contribution < -0.4 is 5.32 Å². The molecule has 2 aliphatic heterocycles. The van der Waals surface area contributed by atoms with Crippen molar-refractivity contribution in [3.05, 3.63) is 63.7 Å². The maximum Gasteiger partial charge on any atom is 0.255 e. The fourth-order valence-corrected chi connectivity index (χ4v) is 4.85. The van der Waals surface area contributed by atoms with Gasteiger partial charge in [0.15, 0.2) is 0 Å². The molecular formula is C25H28ClF2N3O3. The van der Waals surface area contributed by atoms with Gasteiger partial charge in [-0.15, -0.1) is 0 Å². The normalized spacial score (nSPS) is 21.0. The Labute approximate surface area is 202 Å². The molecule has 1 N–H and O–H groups in total. The molecule has 0 saturated carbocycles. The molecule has 2 atom stereocenters. The number of ether oxygens (including phenoxy) is 1. The van der Waals surface area contributed by atoms with E-state index in [1.165, 1.54) is 0 Å². The molecule has 9 heteroatoms. The van der Waals surface area contributed by atoms with Crippen molar-refractivity contribution in [2.24, 2.45) is 0 Å². The van der Waals surface area contributed by atoms with E-state index in [9.17, 15) is 18.4 Å². The van der Waals surface area contributed by atoms with Crippen molar-refractivity contribution in [1.29, 1.82) is 0 Å². The van der Waals surface area contributed by atoms with E-state index in [1.807, 2.05) is 24.8 Å². The highest BCUT2D eigenvalue weighted by molar-refractivity contribution is 6.31. The van der Waals surface area contributed by atoms with Gasteiger partial charge in [-0.05, 0) is 62.1 Å². The summed E-state index contributed by atoms with van der Waals surface area (Å²) in [5.74, 6) is -2.19. The monoisotopic (exact) mass is 491 g/mol. The Balaban J connectivity index is 1.44. The molecule has 0 radical (unpaired) electrons. The van der Waals surface area contributed by atoms with Crippen LogP contribution in [0.1, 0.15) is 41.3 Å². The molecule has 2 heterocycles. The van der Waals surface area contributed by atoms with E-state index in [0.717, 1.165) is 36.1 Å². The lowest BCUT2D eigenvalue weighted by molar-refractivity contribution is -0.145. The maximum atomic E-state index is 13.5. The van der Waals surface area contributed by atoms with Crippen LogP contribution in [0.25, 0.3) is 0 Å². The van der Waals surface area contributed by atoms with Crippen LogP contribution in [0.3, 0.4) is 0 Å². The zero-order valence-electron chi connectivity index (χ0n) is 19.2.